The zero-order chi connectivity index (χ0) is 30.1. The minimum atomic E-state index is -2.69. The number of aromatic nitrogens is 2. The number of H-pyrrole nitrogens is 1. The van der Waals surface area contributed by atoms with Crippen molar-refractivity contribution in [2.75, 3.05) is 37.6 Å². The summed E-state index contributed by atoms with van der Waals surface area (Å²) in [5.41, 5.74) is 5.25. The molecular weight excluding hydrogens is 538 g/mol. The van der Waals surface area contributed by atoms with Gasteiger partial charge in [-0.1, -0.05) is 31.6 Å². The number of anilines is 1. The SMILES string of the molecule is C=C(CCC(C)(F)F)C1=C(CN2CCN(c3ccc(C(=O)O)c(Oc4cnc5[nH]ccc5c4)c3)CC2)CCC(C)(C)C1. The first kappa shape index (κ1) is 29.8. The first-order valence-electron chi connectivity index (χ1n) is 14.6. The normalized spacial score (nSPS) is 18.0. The second kappa shape index (κ2) is 11.9. The Labute approximate surface area is 245 Å². The summed E-state index contributed by atoms with van der Waals surface area (Å²) in [4.78, 5) is 24.0. The van der Waals surface area contributed by atoms with Crippen LogP contribution in [0.2, 0.25) is 0 Å². The average Bonchev–Trinajstić information content (AvgIpc) is 3.40. The smallest absolute Gasteiger partial charge is 0.339 e. The summed E-state index contributed by atoms with van der Waals surface area (Å²) in [6.07, 6.45) is 6.43. The van der Waals surface area contributed by atoms with Crippen LogP contribution in [0.3, 0.4) is 0 Å². The summed E-state index contributed by atoms with van der Waals surface area (Å²) in [5, 5.41) is 10.6. The van der Waals surface area contributed by atoms with Crippen LogP contribution in [0.5, 0.6) is 11.5 Å². The number of allylic oxidation sites excluding steroid dienone is 2. The molecule has 1 aliphatic heterocycles. The highest BCUT2D eigenvalue weighted by Gasteiger charge is 2.31. The Kier molecular flexibility index (Phi) is 8.42. The van der Waals surface area contributed by atoms with Gasteiger partial charge in [0.05, 0.1) is 6.20 Å². The number of ether oxygens (including phenoxy) is 1. The van der Waals surface area contributed by atoms with Crippen LogP contribution in [0.4, 0.5) is 14.5 Å². The summed E-state index contributed by atoms with van der Waals surface area (Å²) in [6.45, 7) is 13.7. The molecule has 1 fully saturated rings. The number of carboxylic acid groups (broad SMARTS) is 1. The molecule has 0 amide bonds. The minimum Gasteiger partial charge on any atom is -0.478 e. The van der Waals surface area contributed by atoms with Crippen molar-refractivity contribution in [3.8, 4) is 11.5 Å². The van der Waals surface area contributed by atoms with Gasteiger partial charge < -0.3 is 19.7 Å². The van der Waals surface area contributed by atoms with Crippen LogP contribution in [0.15, 0.2) is 66.0 Å². The molecule has 224 valence electrons. The van der Waals surface area contributed by atoms with Crippen molar-refractivity contribution >= 4 is 22.7 Å². The lowest BCUT2D eigenvalue weighted by molar-refractivity contribution is 0.0134. The Morgan fingerprint density at radius 3 is 2.67 bits per heavy atom. The third kappa shape index (κ3) is 7.18. The fourth-order valence-electron chi connectivity index (χ4n) is 5.91. The van der Waals surface area contributed by atoms with Crippen molar-refractivity contribution in [3.05, 3.63) is 71.6 Å². The molecule has 0 unspecified atom stereocenters. The van der Waals surface area contributed by atoms with E-state index in [2.05, 4.69) is 40.2 Å². The molecule has 1 aromatic carbocycles. The van der Waals surface area contributed by atoms with Crippen molar-refractivity contribution in [3.63, 3.8) is 0 Å². The number of carboxylic acids is 1. The topological polar surface area (TPSA) is 81.7 Å². The van der Waals surface area contributed by atoms with E-state index < -0.39 is 11.9 Å². The Morgan fingerprint density at radius 2 is 1.95 bits per heavy atom. The summed E-state index contributed by atoms with van der Waals surface area (Å²) in [7, 11) is 0. The van der Waals surface area contributed by atoms with Crippen LogP contribution in [-0.2, 0) is 0 Å². The fraction of sp³-hybridized carbons (Fsp3) is 0.455. The standard InChI is InChI=1S/C33H40F2N4O3/c1-22(7-11-33(4,34)35)28-19-32(2,3)10-8-24(28)21-38-13-15-39(16-14-38)25-5-6-27(31(40)41)29(18-25)42-26-17-23-9-12-36-30(23)37-20-26/h5-6,9,12,17-18,20H,1,7-8,10-11,13-16,19,21H2,2-4H3,(H,36,37)(H,40,41). The van der Waals surface area contributed by atoms with Crippen molar-refractivity contribution in [1.29, 1.82) is 0 Å². The molecular formula is C33H40F2N4O3. The van der Waals surface area contributed by atoms with E-state index in [4.69, 9.17) is 4.74 Å². The number of piperazine rings is 1. The number of aromatic carboxylic acids is 1. The molecule has 0 atom stereocenters. The van der Waals surface area contributed by atoms with Crippen LogP contribution in [0.25, 0.3) is 11.0 Å². The molecule has 2 N–H and O–H groups in total. The van der Waals surface area contributed by atoms with Gasteiger partial charge in [0.1, 0.15) is 22.7 Å². The van der Waals surface area contributed by atoms with Gasteiger partial charge in [0.15, 0.2) is 0 Å². The summed E-state index contributed by atoms with van der Waals surface area (Å²) >= 11 is 0. The Balaban J connectivity index is 1.27. The Bertz CT molecular complexity index is 1500. The van der Waals surface area contributed by atoms with Crippen LogP contribution in [0, 0.1) is 5.41 Å². The van der Waals surface area contributed by atoms with Gasteiger partial charge >= 0.3 is 5.97 Å². The van der Waals surface area contributed by atoms with E-state index in [1.54, 1.807) is 24.5 Å². The largest absolute Gasteiger partial charge is 0.478 e. The number of nitrogens with one attached hydrogen (secondary N) is 1. The lowest BCUT2D eigenvalue weighted by atomic mass is 9.72. The van der Waals surface area contributed by atoms with E-state index in [9.17, 15) is 18.7 Å². The number of hydrogen-bond donors (Lipinski definition) is 2. The number of aromatic amines is 1. The quantitative estimate of drug-likeness (QED) is 0.257. The molecule has 2 aromatic heterocycles. The number of hydrogen-bond acceptors (Lipinski definition) is 5. The highest BCUT2D eigenvalue weighted by atomic mass is 19.3. The Hall–Kier alpha value is -3.72. The summed E-state index contributed by atoms with van der Waals surface area (Å²) in [5.74, 6) is -3.00. The predicted octanol–water partition coefficient (Wildman–Crippen LogP) is 7.67. The zero-order valence-corrected chi connectivity index (χ0v) is 24.7. The number of benzene rings is 1. The summed E-state index contributed by atoms with van der Waals surface area (Å²) < 4.78 is 33.2. The third-order valence-corrected chi connectivity index (χ3v) is 8.43. The second-order valence-corrected chi connectivity index (χ2v) is 12.5. The molecule has 1 aliphatic carbocycles. The highest BCUT2D eigenvalue weighted by molar-refractivity contribution is 5.92. The maximum absolute atomic E-state index is 13.6. The number of alkyl halides is 2. The number of pyridine rings is 1. The van der Waals surface area contributed by atoms with E-state index in [1.165, 1.54) is 11.1 Å². The first-order chi connectivity index (χ1) is 19.9. The van der Waals surface area contributed by atoms with Gasteiger partial charge in [-0.05, 0) is 67.9 Å². The molecule has 42 heavy (non-hydrogen) atoms. The monoisotopic (exact) mass is 578 g/mol. The molecule has 2 aliphatic rings. The first-order valence-corrected chi connectivity index (χ1v) is 14.6. The Morgan fingerprint density at radius 1 is 1.19 bits per heavy atom. The van der Waals surface area contributed by atoms with E-state index in [0.717, 1.165) is 81.2 Å². The van der Waals surface area contributed by atoms with Gasteiger partial charge in [-0.3, -0.25) is 4.90 Å². The van der Waals surface area contributed by atoms with Crippen LogP contribution in [0.1, 0.15) is 63.2 Å². The van der Waals surface area contributed by atoms with E-state index >= 15 is 0 Å². The molecule has 0 saturated carbocycles. The van der Waals surface area contributed by atoms with Crippen molar-refractivity contribution in [2.24, 2.45) is 5.41 Å². The second-order valence-electron chi connectivity index (χ2n) is 12.5. The lowest BCUT2D eigenvalue weighted by Crippen LogP contribution is -2.47. The van der Waals surface area contributed by atoms with E-state index in [-0.39, 0.29) is 23.1 Å². The predicted molar refractivity (Wildman–Crippen MR) is 162 cm³/mol. The number of rotatable bonds is 10. The van der Waals surface area contributed by atoms with Gasteiger partial charge in [-0.25, -0.2) is 18.6 Å². The van der Waals surface area contributed by atoms with Gasteiger partial charge in [-0.2, -0.15) is 0 Å². The molecule has 7 nitrogen and oxygen atoms in total. The molecule has 0 spiro atoms. The van der Waals surface area contributed by atoms with Crippen LogP contribution >= 0.6 is 0 Å². The zero-order valence-electron chi connectivity index (χ0n) is 24.7. The van der Waals surface area contributed by atoms with Gasteiger partial charge in [-0.15, -0.1) is 0 Å². The van der Waals surface area contributed by atoms with Gasteiger partial charge in [0, 0.05) is 62.5 Å². The van der Waals surface area contributed by atoms with Crippen LogP contribution < -0.4 is 9.64 Å². The minimum absolute atomic E-state index is 0.0901. The lowest BCUT2D eigenvalue weighted by Gasteiger charge is -2.39. The van der Waals surface area contributed by atoms with Crippen LogP contribution in [-0.4, -0.2) is 64.6 Å². The molecule has 5 rings (SSSR count). The average molecular weight is 579 g/mol. The van der Waals surface area contributed by atoms with Crippen molar-refractivity contribution < 1.29 is 23.4 Å². The van der Waals surface area contributed by atoms with Gasteiger partial charge in [0.25, 0.3) is 0 Å². The van der Waals surface area contributed by atoms with Crippen molar-refractivity contribution in [2.45, 2.75) is 58.8 Å². The number of carbonyl (C=O) groups is 1. The summed E-state index contributed by atoms with van der Waals surface area (Å²) in [6, 6.07) is 8.92. The van der Waals surface area contributed by atoms with E-state index in [1.807, 2.05) is 18.2 Å². The molecule has 0 bridgehead atoms. The van der Waals surface area contributed by atoms with Crippen molar-refractivity contribution in [1.82, 2.24) is 14.9 Å². The van der Waals surface area contributed by atoms with E-state index in [0.29, 0.717) is 12.2 Å². The molecule has 0 radical (unpaired) electrons. The molecule has 1 saturated heterocycles. The molecule has 3 aromatic rings. The number of fused-ring (bicyclic) bond motifs is 1. The maximum atomic E-state index is 13.6. The fourth-order valence-corrected chi connectivity index (χ4v) is 5.91. The molecule has 9 heteroatoms. The third-order valence-electron chi connectivity index (χ3n) is 8.43. The van der Waals surface area contributed by atoms with Gasteiger partial charge in [0.2, 0.25) is 5.92 Å². The maximum Gasteiger partial charge on any atom is 0.339 e. The highest BCUT2D eigenvalue weighted by Crippen LogP contribution is 2.43. The number of nitrogens with zero attached hydrogens (tertiary/aromatic N) is 3. The molecule has 3 heterocycles. The number of halogens is 2.